The molecule has 1 atom stereocenters. The number of hydrogen-bond acceptors (Lipinski definition) is 6. The minimum absolute atomic E-state index is 0.0647. The lowest BCUT2D eigenvalue weighted by Crippen LogP contribution is -2.30. The minimum atomic E-state index is -0.757. The van der Waals surface area contributed by atoms with Crippen LogP contribution in [0.2, 0.25) is 0 Å². The molecule has 0 saturated carbocycles. The Bertz CT molecular complexity index is 766. The zero-order chi connectivity index (χ0) is 37.5. The molecule has 0 N–H and O–H groups in total. The van der Waals surface area contributed by atoms with Crippen molar-refractivity contribution in [2.24, 2.45) is 5.92 Å². The third kappa shape index (κ3) is 39.5. The molecule has 0 aliphatic carbocycles. The van der Waals surface area contributed by atoms with Gasteiger partial charge < -0.3 is 14.2 Å². The average Bonchev–Trinajstić information content (AvgIpc) is 3.11. The zero-order valence-corrected chi connectivity index (χ0v) is 34.6. The number of ether oxygens (including phenoxy) is 3. The fourth-order valence-corrected chi connectivity index (χ4v) is 6.63. The van der Waals surface area contributed by atoms with Gasteiger partial charge in [0, 0.05) is 19.3 Å². The second-order valence-electron chi connectivity index (χ2n) is 15.8. The van der Waals surface area contributed by atoms with E-state index in [9.17, 15) is 14.4 Å². The molecule has 302 valence electrons. The SMILES string of the molecule is CCCCCCCCCCCCCCC(=O)O[C@H](COC(=O)CCCCCCC)COC(=O)CCCCCCCCCCCCCCCC(C)C. The highest BCUT2D eigenvalue weighted by Crippen LogP contribution is 2.16. The molecule has 0 aromatic rings. The van der Waals surface area contributed by atoms with Gasteiger partial charge in [-0.3, -0.25) is 14.4 Å². The van der Waals surface area contributed by atoms with E-state index >= 15 is 0 Å². The van der Waals surface area contributed by atoms with Gasteiger partial charge in [0.1, 0.15) is 13.2 Å². The quantitative estimate of drug-likeness (QED) is 0.0356. The highest BCUT2D eigenvalue weighted by Gasteiger charge is 2.19. The number of hydrogen-bond donors (Lipinski definition) is 0. The lowest BCUT2D eigenvalue weighted by molar-refractivity contribution is -0.167. The number of esters is 3. The summed E-state index contributed by atoms with van der Waals surface area (Å²) in [5.41, 5.74) is 0. The maximum absolute atomic E-state index is 12.6. The molecule has 0 saturated heterocycles. The van der Waals surface area contributed by atoms with Crippen LogP contribution in [0.4, 0.5) is 0 Å². The standard InChI is InChI=1S/C45H86O6/c1-5-7-9-11-12-13-14-19-23-26-30-34-38-45(48)51-42(39-49-43(46)36-32-27-10-8-6-2)40-50-44(47)37-33-29-25-22-20-17-15-16-18-21-24-28-31-35-41(3)4/h41-42H,5-40H2,1-4H3/t42-/m1/s1. The molecule has 6 nitrogen and oxygen atoms in total. The van der Waals surface area contributed by atoms with Crippen LogP contribution in [0.5, 0.6) is 0 Å². The topological polar surface area (TPSA) is 78.9 Å². The first-order valence-corrected chi connectivity index (χ1v) is 22.4. The highest BCUT2D eigenvalue weighted by atomic mass is 16.6. The van der Waals surface area contributed by atoms with Gasteiger partial charge in [-0.1, -0.05) is 207 Å². The minimum Gasteiger partial charge on any atom is -0.462 e. The summed E-state index contributed by atoms with van der Waals surface area (Å²) in [6.07, 6.45) is 38.3. The van der Waals surface area contributed by atoms with Gasteiger partial charge in [-0.05, 0) is 25.2 Å². The van der Waals surface area contributed by atoms with Gasteiger partial charge in [-0.25, -0.2) is 0 Å². The molecule has 6 heteroatoms. The Morgan fingerprint density at radius 3 is 0.961 bits per heavy atom. The molecule has 0 radical (unpaired) electrons. The second kappa shape index (κ2) is 39.6. The van der Waals surface area contributed by atoms with Gasteiger partial charge >= 0.3 is 17.9 Å². The predicted octanol–water partition coefficient (Wildman–Crippen LogP) is 13.9. The van der Waals surface area contributed by atoms with Crippen molar-refractivity contribution in [1.82, 2.24) is 0 Å². The van der Waals surface area contributed by atoms with Crippen LogP contribution in [0.25, 0.3) is 0 Å². The van der Waals surface area contributed by atoms with E-state index in [1.807, 2.05) is 0 Å². The molecule has 0 amide bonds. The average molecular weight is 723 g/mol. The molecular weight excluding hydrogens is 636 g/mol. The molecule has 0 heterocycles. The van der Waals surface area contributed by atoms with Crippen molar-refractivity contribution in [3.63, 3.8) is 0 Å². The predicted molar refractivity (Wildman–Crippen MR) is 215 cm³/mol. The Kier molecular flexibility index (Phi) is 38.4. The van der Waals surface area contributed by atoms with Crippen LogP contribution in [0.3, 0.4) is 0 Å². The molecule has 51 heavy (non-hydrogen) atoms. The normalized spacial score (nSPS) is 11.9. The fraction of sp³-hybridized carbons (Fsp3) is 0.933. The van der Waals surface area contributed by atoms with Crippen LogP contribution in [0.15, 0.2) is 0 Å². The van der Waals surface area contributed by atoms with E-state index < -0.39 is 6.10 Å². The van der Waals surface area contributed by atoms with Gasteiger partial charge in [0.2, 0.25) is 0 Å². The van der Waals surface area contributed by atoms with E-state index in [2.05, 4.69) is 27.7 Å². The Hall–Kier alpha value is -1.59. The van der Waals surface area contributed by atoms with E-state index in [1.54, 1.807) is 0 Å². The molecule has 0 unspecified atom stereocenters. The summed E-state index contributed by atoms with van der Waals surface area (Å²) in [6.45, 7) is 8.92. The van der Waals surface area contributed by atoms with E-state index in [0.29, 0.717) is 19.3 Å². The number of carbonyl (C=O) groups is 3. The van der Waals surface area contributed by atoms with Crippen LogP contribution in [0.1, 0.15) is 246 Å². The van der Waals surface area contributed by atoms with E-state index in [0.717, 1.165) is 70.1 Å². The van der Waals surface area contributed by atoms with Crippen molar-refractivity contribution in [3.05, 3.63) is 0 Å². The van der Waals surface area contributed by atoms with Crippen LogP contribution in [-0.4, -0.2) is 37.2 Å². The maximum atomic E-state index is 12.6. The van der Waals surface area contributed by atoms with Gasteiger partial charge in [-0.2, -0.15) is 0 Å². The molecule has 0 aliphatic heterocycles. The summed E-state index contributed by atoms with van der Waals surface area (Å²) in [7, 11) is 0. The van der Waals surface area contributed by atoms with E-state index in [4.69, 9.17) is 14.2 Å². The zero-order valence-electron chi connectivity index (χ0n) is 34.6. The monoisotopic (exact) mass is 723 g/mol. The summed E-state index contributed by atoms with van der Waals surface area (Å²) >= 11 is 0. The van der Waals surface area contributed by atoms with Gasteiger partial charge in [0.15, 0.2) is 6.10 Å². The molecule has 0 fully saturated rings. The van der Waals surface area contributed by atoms with Crippen LogP contribution in [0, 0.1) is 5.92 Å². The first-order valence-electron chi connectivity index (χ1n) is 22.4. The summed E-state index contributed by atoms with van der Waals surface area (Å²) in [5, 5.41) is 0. The summed E-state index contributed by atoms with van der Waals surface area (Å²) in [5.74, 6) is -0.0291. The van der Waals surface area contributed by atoms with Crippen LogP contribution < -0.4 is 0 Å². The van der Waals surface area contributed by atoms with Gasteiger partial charge in [0.05, 0.1) is 0 Å². The Balaban J connectivity index is 4.17. The first kappa shape index (κ1) is 49.4. The molecule has 0 aromatic heterocycles. The van der Waals surface area contributed by atoms with Crippen molar-refractivity contribution >= 4 is 17.9 Å². The summed E-state index contributed by atoms with van der Waals surface area (Å²) < 4.78 is 16.6. The maximum Gasteiger partial charge on any atom is 0.306 e. The Labute approximate surface area is 317 Å². The molecule has 0 rings (SSSR count). The lowest BCUT2D eigenvalue weighted by Gasteiger charge is -2.18. The molecule has 0 aromatic carbocycles. The Morgan fingerprint density at radius 2 is 0.647 bits per heavy atom. The van der Waals surface area contributed by atoms with Crippen molar-refractivity contribution in [2.75, 3.05) is 13.2 Å². The smallest absolute Gasteiger partial charge is 0.306 e. The highest BCUT2D eigenvalue weighted by molar-refractivity contribution is 5.71. The van der Waals surface area contributed by atoms with Crippen LogP contribution in [-0.2, 0) is 28.6 Å². The Morgan fingerprint density at radius 1 is 0.373 bits per heavy atom. The van der Waals surface area contributed by atoms with Crippen LogP contribution >= 0.6 is 0 Å². The van der Waals surface area contributed by atoms with Gasteiger partial charge in [-0.15, -0.1) is 0 Å². The van der Waals surface area contributed by atoms with Crippen molar-refractivity contribution in [3.8, 4) is 0 Å². The van der Waals surface area contributed by atoms with E-state index in [1.165, 1.54) is 135 Å². The van der Waals surface area contributed by atoms with Crippen molar-refractivity contribution in [2.45, 2.75) is 252 Å². The third-order valence-corrected chi connectivity index (χ3v) is 10.0. The summed E-state index contributed by atoms with van der Waals surface area (Å²) in [6, 6.07) is 0. The van der Waals surface area contributed by atoms with Crippen molar-refractivity contribution < 1.29 is 28.6 Å². The lowest BCUT2D eigenvalue weighted by atomic mass is 10.0. The van der Waals surface area contributed by atoms with Gasteiger partial charge in [0.25, 0.3) is 0 Å². The largest absolute Gasteiger partial charge is 0.462 e. The molecular formula is C45H86O6. The third-order valence-electron chi connectivity index (χ3n) is 10.0. The molecule has 0 spiro atoms. The number of unbranched alkanes of at least 4 members (excludes halogenated alkanes) is 27. The number of rotatable bonds is 40. The molecule has 0 aliphatic rings. The second-order valence-corrected chi connectivity index (χ2v) is 15.8. The first-order chi connectivity index (χ1) is 24.9. The fourth-order valence-electron chi connectivity index (χ4n) is 6.63. The number of carbonyl (C=O) groups excluding carboxylic acids is 3. The summed E-state index contributed by atoms with van der Waals surface area (Å²) in [4.78, 5) is 37.4. The van der Waals surface area contributed by atoms with E-state index in [-0.39, 0.29) is 31.1 Å². The van der Waals surface area contributed by atoms with Crippen molar-refractivity contribution in [1.29, 1.82) is 0 Å². The molecule has 0 bridgehead atoms.